The molecule has 0 saturated heterocycles. The van der Waals surface area contributed by atoms with Crippen molar-refractivity contribution in [1.82, 2.24) is 9.97 Å². The van der Waals surface area contributed by atoms with E-state index in [9.17, 15) is 0 Å². The fourth-order valence-electron chi connectivity index (χ4n) is 1.08. The summed E-state index contributed by atoms with van der Waals surface area (Å²) in [5, 5.41) is 4.09. The fraction of sp³-hybridized carbons (Fsp3) is 0.111. The van der Waals surface area contributed by atoms with Crippen LogP contribution < -0.4 is 5.73 Å². The predicted molar refractivity (Wildman–Crippen MR) is 53.2 cm³/mol. The van der Waals surface area contributed by atoms with Crippen LogP contribution in [0.1, 0.15) is 5.69 Å². The van der Waals surface area contributed by atoms with Gasteiger partial charge in [0.1, 0.15) is 6.33 Å². The number of aromatic nitrogens is 2. The molecule has 0 fully saturated rings. The molecule has 2 aromatic rings. The Hall–Kier alpha value is -1.26. The lowest BCUT2D eigenvalue weighted by Gasteiger charge is -1.98. The van der Waals surface area contributed by atoms with Crippen molar-refractivity contribution in [3.8, 4) is 11.3 Å². The maximum Gasteiger partial charge on any atom is 0.116 e. The summed E-state index contributed by atoms with van der Waals surface area (Å²) in [4.78, 5) is 8.20. The summed E-state index contributed by atoms with van der Waals surface area (Å²) in [6.45, 7) is 0.458. The van der Waals surface area contributed by atoms with Crippen LogP contribution in [0.5, 0.6) is 0 Å². The molecular formula is C9H9N3S. The number of thiophene rings is 1. The van der Waals surface area contributed by atoms with E-state index in [-0.39, 0.29) is 0 Å². The minimum Gasteiger partial charge on any atom is -0.325 e. The molecule has 0 aliphatic carbocycles. The van der Waals surface area contributed by atoms with Gasteiger partial charge >= 0.3 is 0 Å². The van der Waals surface area contributed by atoms with E-state index in [1.54, 1.807) is 17.7 Å². The molecule has 0 aliphatic heterocycles. The molecule has 2 heterocycles. The van der Waals surface area contributed by atoms with Gasteiger partial charge in [-0.15, -0.1) is 0 Å². The lowest BCUT2D eigenvalue weighted by Crippen LogP contribution is -2.00. The van der Waals surface area contributed by atoms with Crippen molar-refractivity contribution in [3.63, 3.8) is 0 Å². The largest absolute Gasteiger partial charge is 0.325 e. The van der Waals surface area contributed by atoms with Crippen LogP contribution in [0, 0.1) is 0 Å². The molecule has 2 aromatic heterocycles. The fourth-order valence-corrected chi connectivity index (χ4v) is 1.73. The summed E-state index contributed by atoms with van der Waals surface area (Å²) in [6, 6.07) is 3.95. The molecule has 0 amide bonds. The van der Waals surface area contributed by atoms with E-state index in [4.69, 9.17) is 5.73 Å². The molecule has 0 bridgehead atoms. The highest BCUT2D eigenvalue weighted by atomic mass is 32.1. The van der Waals surface area contributed by atoms with Crippen molar-refractivity contribution in [2.75, 3.05) is 0 Å². The Morgan fingerprint density at radius 3 is 3.00 bits per heavy atom. The second-order valence-electron chi connectivity index (χ2n) is 2.61. The highest BCUT2D eigenvalue weighted by Gasteiger charge is 2.00. The molecule has 3 nitrogen and oxygen atoms in total. The van der Waals surface area contributed by atoms with Crippen LogP contribution in [0.2, 0.25) is 0 Å². The molecule has 0 radical (unpaired) electrons. The summed E-state index contributed by atoms with van der Waals surface area (Å²) in [7, 11) is 0. The lowest BCUT2D eigenvalue weighted by atomic mass is 10.2. The van der Waals surface area contributed by atoms with E-state index >= 15 is 0 Å². The Morgan fingerprint density at radius 2 is 2.31 bits per heavy atom. The van der Waals surface area contributed by atoms with Gasteiger partial charge < -0.3 is 5.73 Å². The van der Waals surface area contributed by atoms with Gasteiger partial charge in [0.15, 0.2) is 0 Å². The second kappa shape index (κ2) is 3.64. The number of hydrogen-bond acceptors (Lipinski definition) is 4. The van der Waals surface area contributed by atoms with Gasteiger partial charge in [-0.25, -0.2) is 9.97 Å². The van der Waals surface area contributed by atoms with E-state index in [0.29, 0.717) is 6.54 Å². The van der Waals surface area contributed by atoms with Gasteiger partial charge in [-0.3, -0.25) is 0 Å². The average molecular weight is 191 g/mol. The van der Waals surface area contributed by atoms with E-state index < -0.39 is 0 Å². The summed E-state index contributed by atoms with van der Waals surface area (Å²) < 4.78 is 0. The predicted octanol–water partition coefficient (Wildman–Crippen LogP) is 1.66. The highest BCUT2D eigenvalue weighted by Crippen LogP contribution is 2.19. The van der Waals surface area contributed by atoms with Gasteiger partial charge in [-0.1, -0.05) is 0 Å². The first kappa shape index (κ1) is 8.34. The first-order valence-corrected chi connectivity index (χ1v) is 4.88. The zero-order chi connectivity index (χ0) is 9.10. The van der Waals surface area contributed by atoms with Crippen LogP contribution >= 0.6 is 11.3 Å². The Kier molecular flexibility index (Phi) is 2.33. The van der Waals surface area contributed by atoms with Crippen molar-refractivity contribution in [3.05, 3.63) is 34.9 Å². The lowest BCUT2D eigenvalue weighted by molar-refractivity contribution is 0.966. The minimum atomic E-state index is 0.458. The third-order valence-corrected chi connectivity index (χ3v) is 2.43. The molecule has 66 valence electrons. The summed E-state index contributed by atoms with van der Waals surface area (Å²) in [5.74, 6) is 0. The Labute approximate surface area is 80.3 Å². The van der Waals surface area contributed by atoms with E-state index in [2.05, 4.69) is 15.3 Å². The molecular weight excluding hydrogens is 182 g/mol. The summed E-state index contributed by atoms with van der Waals surface area (Å²) >= 11 is 1.66. The van der Waals surface area contributed by atoms with E-state index in [1.807, 2.05) is 17.5 Å². The minimum absolute atomic E-state index is 0.458. The number of rotatable bonds is 2. The van der Waals surface area contributed by atoms with Gasteiger partial charge in [-0.05, 0) is 17.5 Å². The monoisotopic (exact) mass is 191 g/mol. The van der Waals surface area contributed by atoms with Crippen molar-refractivity contribution in [1.29, 1.82) is 0 Å². The van der Waals surface area contributed by atoms with Crippen LogP contribution in [0.4, 0.5) is 0 Å². The molecule has 2 rings (SSSR count). The van der Waals surface area contributed by atoms with Crippen molar-refractivity contribution in [2.45, 2.75) is 6.54 Å². The molecule has 13 heavy (non-hydrogen) atoms. The number of nitrogens with two attached hydrogens (primary N) is 1. The Bertz CT molecular complexity index is 384. The molecule has 0 saturated carbocycles. The molecule has 2 N–H and O–H groups in total. The van der Waals surface area contributed by atoms with Crippen LogP contribution in [0.15, 0.2) is 29.2 Å². The first-order valence-electron chi connectivity index (χ1n) is 3.93. The quantitative estimate of drug-likeness (QED) is 0.785. The van der Waals surface area contributed by atoms with Crippen LogP contribution in [0.25, 0.3) is 11.3 Å². The first-order chi connectivity index (χ1) is 6.40. The van der Waals surface area contributed by atoms with Gasteiger partial charge in [0.25, 0.3) is 0 Å². The molecule has 0 atom stereocenters. The molecule has 0 unspecified atom stereocenters. The van der Waals surface area contributed by atoms with E-state index in [1.165, 1.54) is 0 Å². The highest BCUT2D eigenvalue weighted by molar-refractivity contribution is 7.08. The molecule has 4 heteroatoms. The van der Waals surface area contributed by atoms with Crippen LogP contribution in [-0.4, -0.2) is 9.97 Å². The molecule has 0 aliphatic rings. The van der Waals surface area contributed by atoms with Gasteiger partial charge in [0.05, 0.1) is 11.4 Å². The van der Waals surface area contributed by atoms with Gasteiger partial charge in [-0.2, -0.15) is 11.3 Å². The molecule has 0 spiro atoms. The SMILES string of the molecule is NCc1cc(-c2ccsc2)ncn1. The maximum atomic E-state index is 5.48. The number of nitrogens with zero attached hydrogens (tertiary/aromatic N) is 2. The Morgan fingerprint density at radius 1 is 1.38 bits per heavy atom. The zero-order valence-corrected chi connectivity index (χ0v) is 7.79. The van der Waals surface area contributed by atoms with Crippen molar-refractivity contribution < 1.29 is 0 Å². The van der Waals surface area contributed by atoms with Crippen LogP contribution in [0.3, 0.4) is 0 Å². The number of hydrogen-bond donors (Lipinski definition) is 1. The topological polar surface area (TPSA) is 51.8 Å². The zero-order valence-electron chi connectivity index (χ0n) is 6.97. The average Bonchev–Trinajstić information content (AvgIpc) is 2.71. The summed E-state index contributed by atoms with van der Waals surface area (Å²) in [6.07, 6.45) is 1.55. The third-order valence-electron chi connectivity index (χ3n) is 1.75. The summed E-state index contributed by atoms with van der Waals surface area (Å²) in [5.41, 5.74) is 8.42. The second-order valence-corrected chi connectivity index (χ2v) is 3.39. The van der Waals surface area contributed by atoms with Crippen molar-refractivity contribution in [2.24, 2.45) is 5.73 Å². The maximum absolute atomic E-state index is 5.48. The van der Waals surface area contributed by atoms with Gasteiger partial charge in [0.2, 0.25) is 0 Å². The third kappa shape index (κ3) is 1.74. The van der Waals surface area contributed by atoms with Crippen LogP contribution in [-0.2, 0) is 6.54 Å². The van der Waals surface area contributed by atoms with Gasteiger partial charge in [0, 0.05) is 17.5 Å². The standard InChI is InChI=1S/C9H9N3S/c10-4-8-3-9(12-6-11-8)7-1-2-13-5-7/h1-3,5-6H,4,10H2. The smallest absolute Gasteiger partial charge is 0.116 e. The van der Waals surface area contributed by atoms with E-state index in [0.717, 1.165) is 17.0 Å². The van der Waals surface area contributed by atoms with Crippen molar-refractivity contribution >= 4 is 11.3 Å². The normalized spacial score (nSPS) is 10.2. The Balaban J connectivity index is 2.41. The molecule has 0 aromatic carbocycles.